The first-order valence-corrected chi connectivity index (χ1v) is 7.79. The molecule has 4 nitrogen and oxygen atoms in total. The topological polar surface area (TPSA) is 66.8 Å². The summed E-state index contributed by atoms with van der Waals surface area (Å²) < 4.78 is 14.7. The van der Waals surface area contributed by atoms with Crippen LogP contribution in [0.3, 0.4) is 0 Å². The molecule has 0 fully saturated rings. The van der Waals surface area contributed by atoms with Crippen LogP contribution in [0.25, 0.3) is 0 Å². The molecule has 0 aromatic rings. The molecule has 0 bridgehead atoms. The number of phosphoric acid groups is 1. The van der Waals surface area contributed by atoms with E-state index < -0.39 is 7.82 Å². The molecule has 0 aliphatic heterocycles. The Hall–Kier alpha value is 2.16. The molecule has 2 N–H and O–H groups in total. The third-order valence-corrected chi connectivity index (χ3v) is 3.03. The van der Waals surface area contributed by atoms with Gasteiger partial charge in [0.1, 0.15) is 0 Å². The summed E-state index contributed by atoms with van der Waals surface area (Å²) in [5, 5.41) is 0. The normalized spacial score (nSPS) is 11.2. The second-order valence-electron chi connectivity index (χ2n) is 4.15. The van der Waals surface area contributed by atoms with Crippen LogP contribution in [0.5, 0.6) is 0 Å². The number of hydrogen-bond donors (Lipinski definition) is 2. The van der Waals surface area contributed by atoms with Crippen LogP contribution in [0.15, 0.2) is 0 Å². The molecule has 0 unspecified atom stereocenters. The van der Waals surface area contributed by atoms with Crippen molar-refractivity contribution >= 4 is 7.82 Å². The van der Waals surface area contributed by atoms with Crippen molar-refractivity contribution in [1.82, 2.24) is 0 Å². The fourth-order valence-corrected chi connectivity index (χ4v) is 1.96. The van der Waals surface area contributed by atoms with E-state index in [-0.39, 0.29) is 76.9 Å². The zero-order chi connectivity index (χ0) is 12.3. The molecule has 0 aliphatic rings. The fourth-order valence-electron chi connectivity index (χ4n) is 1.60. The van der Waals surface area contributed by atoms with Crippen LogP contribution in [-0.2, 0) is 9.09 Å². The maximum absolute atomic E-state index is 10.3. The Labute approximate surface area is 165 Å². The summed E-state index contributed by atoms with van der Waals surface area (Å²) >= 11 is 0. The van der Waals surface area contributed by atoms with Crippen molar-refractivity contribution < 1.29 is 89.2 Å². The van der Waals surface area contributed by atoms with E-state index in [0.29, 0.717) is 0 Å². The van der Waals surface area contributed by atoms with Gasteiger partial charge in [0.2, 0.25) is 0 Å². The number of unbranched alkanes of at least 4 members (excludes halogenated alkanes) is 8. The van der Waals surface area contributed by atoms with Gasteiger partial charge in [-0.05, 0) is 6.42 Å². The van der Waals surface area contributed by atoms with Crippen LogP contribution in [0.1, 0.15) is 66.1 Å². The molecule has 0 radical (unpaired) electrons. The smallest absolute Gasteiger partial charge is 1.00 e. The monoisotopic (exact) mass is 386 g/mol. The molecule has 0 saturated heterocycles. The van der Waals surface area contributed by atoms with E-state index in [1.54, 1.807) is 0 Å². The van der Waals surface area contributed by atoms with Gasteiger partial charge >= 0.3 is 76.7 Å². The molecule has 0 heterocycles. The molecule has 0 aromatic carbocycles. The standard InChI is InChI=1S/C11H25O4P.Cs.H/c1-2-3-4-5-6-7-8-9-10-11-15-16(12,13)14;;/h2-11H2,1H3,(H2,12,13,14);;/q;+1;-1. The summed E-state index contributed by atoms with van der Waals surface area (Å²) in [4.78, 5) is 16.9. The van der Waals surface area contributed by atoms with Crippen LogP contribution < -0.4 is 68.9 Å². The van der Waals surface area contributed by atoms with Crippen LogP contribution in [0.2, 0.25) is 0 Å². The Morgan fingerprint density at radius 1 is 0.941 bits per heavy atom. The van der Waals surface area contributed by atoms with Crippen LogP contribution in [0.4, 0.5) is 0 Å². The average molecular weight is 386 g/mol. The third-order valence-electron chi connectivity index (χ3n) is 2.51. The van der Waals surface area contributed by atoms with Crippen molar-refractivity contribution in [3.63, 3.8) is 0 Å². The van der Waals surface area contributed by atoms with Gasteiger partial charge in [-0.3, -0.25) is 4.52 Å². The van der Waals surface area contributed by atoms with Gasteiger partial charge in [-0.15, -0.1) is 0 Å². The van der Waals surface area contributed by atoms with E-state index in [4.69, 9.17) is 9.79 Å². The summed E-state index contributed by atoms with van der Waals surface area (Å²) in [5.41, 5.74) is 0. The van der Waals surface area contributed by atoms with Crippen molar-refractivity contribution in [2.45, 2.75) is 64.7 Å². The summed E-state index contributed by atoms with van der Waals surface area (Å²) in [6, 6.07) is 0. The zero-order valence-corrected chi connectivity index (χ0v) is 18.4. The molecule has 0 atom stereocenters. The number of hydrogen-bond acceptors (Lipinski definition) is 2. The minimum Gasteiger partial charge on any atom is -1.00 e. The molecule has 0 spiro atoms. The third kappa shape index (κ3) is 20.6. The Bertz CT molecular complexity index is 201. The molecule has 0 aliphatic carbocycles. The van der Waals surface area contributed by atoms with Gasteiger partial charge in [0.05, 0.1) is 6.61 Å². The van der Waals surface area contributed by atoms with E-state index >= 15 is 0 Å². The Kier molecular flexibility index (Phi) is 18.4. The maximum Gasteiger partial charge on any atom is 1.00 e. The van der Waals surface area contributed by atoms with E-state index in [1.165, 1.54) is 38.5 Å². The summed E-state index contributed by atoms with van der Waals surface area (Å²) in [7, 11) is -4.24. The second-order valence-corrected chi connectivity index (χ2v) is 5.39. The van der Waals surface area contributed by atoms with Crippen molar-refractivity contribution in [3.05, 3.63) is 0 Å². The predicted octanol–water partition coefficient (Wildman–Crippen LogP) is 0.743. The summed E-state index contributed by atoms with van der Waals surface area (Å²) in [6.07, 6.45) is 10.6. The minimum absolute atomic E-state index is 0. The van der Waals surface area contributed by atoms with Gasteiger partial charge in [0.25, 0.3) is 0 Å². The Morgan fingerprint density at radius 3 is 1.76 bits per heavy atom. The molecular weight excluding hydrogens is 360 g/mol. The molecule has 100 valence electrons. The van der Waals surface area contributed by atoms with Crippen LogP contribution >= 0.6 is 7.82 Å². The van der Waals surface area contributed by atoms with Gasteiger partial charge in [0, 0.05) is 0 Å². The predicted molar refractivity (Wildman–Crippen MR) is 66.3 cm³/mol. The number of phosphoric ester groups is 1. The zero-order valence-electron chi connectivity index (χ0n) is 12.2. The van der Waals surface area contributed by atoms with Crippen molar-refractivity contribution in [2.24, 2.45) is 0 Å². The van der Waals surface area contributed by atoms with E-state index in [0.717, 1.165) is 19.3 Å². The molecule has 17 heavy (non-hydrogen) atoms. The minimum atomic E-state index is -4.24. The first-order valence-electron chi connectivity index (χ1n) is 6.26. The summed E-state index contributed by atoms with van der Waals surface area (Å²) in [5.74, 6) is 0. The van der Waals surface area contributed by atoms with Crippen LogP contribution in [-0.4, -0.2) is 16.4 Å². The van der Waals surface area contributed by atoms with E-state index in [2.05, 4.69) is 11.4 Å². The van der Waals surface area contributed by atoms with Crippen molar-refractivity contribution in [1.29, 1.82) is 0 Å². The molecule has 6 heteroatoms. The first kappa shape index (κ1) is 21.5. The van der Waals surface area contributed by atoms with Crippen molar-refractivity contribution in [3.8, 4) is 0 Å². The van der Waals surface area contributed by atoms with Crippen LogP contribution in [0, 0.1) is 0 Å². The van der Waals surface area contributed by atoms with Gasteiger partial charge in [0.15, 0.2) is 0 Å². The molecular formula is C11H26CsO4P. The van der Waals surface area contributed by atoms with Crippen molar-refractivity contribution in [2.75, 3.05) is 6.61 Å². The van der Waals surface area contributed by atoms with E-state index in [1.807, 2.05) is 0 Å². The maximum atomic E-state index is 10.3. The second kappa shape index (κ2) is 14.6. The fraction of sp³-hybridized carbons (Fsp3) is 1.00. The molecule has 0 rings (SSSR count). The van der Waals surface area contributed by atoms with Gasteiger partial charge < -0.3 is 11.2 Å². The van der Waals surface area contributed by atoms with E-state index in [9.17, 15) is 4.57 Å². The molecule has 0 saturated carbocycles. The van der Waals surface area contributed by atoms with Gasteiger partial charge in [-0.1, -0.05) is 58.3 Å². The van der Waals surface area contributed by atoms with Gasteiger partial charge in [-0.25, -0.2) is 4.57 Å². The average Bonchev–Trinajstić information content (AvgIpc) is 2.19. The molecule has 0 amide bonds. The summed E-state index contributed by atoms with van der Waals surface area (Å²) in [6.45, 7) is 2.38. The Morgan fingerprint density at radius 2 is 1.35 bits per heavy atom. The SMILES string of the molecule is CCCCCCCCCCCOP(=O)(O)O.[Cs+].[H-]. The first-order chi connectivity index (χ1) is 7.56. The Balaban J connectivity index is -0.00000112. The quantitative estimate of drug-likeness (QED) is 0.406. The van der Waals surface area contributed by atoms with Gasteiger partial charge in [-0.2, -0.15) is 0 Å². The number of rotatable bonds is 11. The molecule has 0 aromatic heterocycles. The largest absolute Gasteiger partial charge is 1.00 e.